The Morgan fingerprint density at radius 3 is 2.94 bits per heavy atom. The van der Waals surface area contributed by atoms with Crippen LogP contribution in [-0.4, -0.2) is 10.1 Å². The summed E-state index contributed by atoms with van der Waals surface area (Å²) in [5.74, 6) is 0.251. The first kappa shape index (κ1) is 12.1. The van der Waals surface area contributed by atoms with Gasteiger partial charge >= 0.3 is 0 Å². The summed E-state index contributed by atoms with van der Waals surface area (Å²) in [6, 6.07) is 7.92. The van der Waals surface area contributed by atoms with Crippen molar-refractivity contribution in [3.8, 4) is 5.75 Å². The van der Waals surface area contributed by atoms with Crippen molar-refractivity contribution in [3.63, 3.8) is 0 Å². The number of aromatic nitrogens is 1. The molecule has 0 bridgehead atoms. The molecular weight excluding hydrogens is 232 g/mol. The van der Waals surface area contributed by atoms with Crippen LogP contribution in [0.25, 0.3) is 0 Å². The number of hydrogen-bond acceptors (Lipinski definition) is 4. The molecule has 2 N–H and O–H groups in total. The van der Waals surface area contributed by atoms with Crippen molar-refractivity contribution < 1.29 is 5.11 Å². The lowest BCUT2D eigenvalue weighted by Crippen LogP contribution is -2.18. The van der Waals surface area contributed by atoms with Crippen LogP contribution in [0.4, 0.5) is 0 Å². The van der Waals surface area contributed by atoms with E-state index in [1.54, 1.807) is 17.4 Å². The molecule has 0 amide bonds. The molecule has 17 heavy (non-hydrogen) atoms. The van der Waals surface area contributed by atoms with Gasteiger partial charge in [-0.3, -0.25) is 4.98 Å². The van der Waals surface area contributed by atoms with Gasteiger partial charge in [-0.25, -0.2) is 0 Å². The fourth-order valence-electron chi connectivity index (χ4n) is 1.62. The minimum absolute atomic E-state index is 0.251. The van der Waals surface area contributed by atoms with E-state index in [4.69, 9.17) is 0 Å². The Bertz CT molecular complexity index is 482. The number of aromatic hydroxyl groups is 1. The quantitative estimate of drug-likeness (QED) is 0.874. The van der Waals surface area contributed by atoms with Crippen molar-refractivity contribution in [2.45, 2.75) is 26.4 Å². The summed E-state index contributed by atoms with van der Waals surface area (Å²) in [6.45, 7) is 4.61. The van der Waals surface area contributed by atoms with Gasteiger partial charge in [-0.2, -0.15) is 0 Å². The van der Waals surface area contributed by atoms with Crippen LogP contribution in [0, 0.1) is 6.92 Å². The summed E-state index contributed by atoms with van der Waals surface area (Å²) in [7, 11) is 0. The van der Waals surface area contributed by atoms with Crippen molar-refractivity contribution in [3.05, 3.63) is 45.9 Å². The van der Waals surface area contributed by atoms with Gasteiger partial charge in [-0.15, -0.1) is 11.3 Å². The van der Waals surface area contributed by atoms with Crippen molar-refractivity contribution >= 4 is 11.3 Å². The first-order chi connectivity index (χ1) is 8.16. The van der Waals surface area contributed by atoms with E-state index in [0.29, 0.717) is 12.2 Å². The Balaban J connectivity index is 2.00. The van der Waals surface area contributed by atoms with Crippen LogP contribution in [0.2, 0.25) is 0 Å². The Morgan fingerprint density at radius 1 is 1.41 bits per heavy atom. The maximum atomic E-state index is 9.68. The van der Waals surface area contributed by atoms with Crippen LogP contribution >= 0.6 is 11.3 Å². The van der Waals surface area contributed by atoms with E-state index in [1.807, 2.05) is 19.1 Å². The molecule has 2 rings (SSSR count). The summed E-state index contributed by atoms with van der Waals surface area (Å²) < 4.78 is 0. The monoisotopic (exact) mass is 248 g/mol. The standard InChI is InChI=1S/C13H16N2OS/c1-9-5-6-12(16)11(15-9)8-14-10(2)13-4-3-7-17-13/h3-7,10,14,16H,8H2,1-2H3/t10-/m1/s1. The second-order valence-corrected chi connectivity index (χ2v) is 5.02. The third-order valence-electron chi connectivity index (χ3n) is 2.64. The van der Waals surface area contributed by atoms with Crippen molar-refractivity contribution in [2.24, 2.45) is 0 Å². The van der Waals surface area contributed by atoms with Gasteiger partial charge in [0.1, 0.15) is 5.75 Å². The molecule has 0 aliphatic rings. The Kier molecular flexibility index (Phi) is 3.76. The van der Waals surface area contributed by atoms with Gasteiger partial charge in [-0.1, -0.05) is 6.07 Å². The van der Waals surface area contributed by atoms with Crippen LogP contribution in [-0.2, 0) is 6.54 Å². The summed E-state index contributed by atoms with van der Waals surface area (Å²) in [4.78, 5) is 5.61. The number of hydrogen-bond donors (Lipinski definition) is 2. The zero-order valence-electron chi connectivity index (χ0n) is 9.97. The van der Waals surface area contributed by atoms with Crippen LogP contribution in [0.3, 0.4) is 0 Å². The average molecular weight is 248 g/mol. The van der Waals surface area contributed by atoms with Crippen LogP contribution in [0.15, 0.2) is 29.6 Å². The molecule has 0 radical (unpaired) electrons. The maximum absolute atomic E-state index is 9.68. The van der Waals surface area contributed by atoms with E-state index in [2.05, 4.69) is 28.7 Å². The Hall–Kier alpha value is -1.39. The maximum Gasteiger partial charge on any atom is 0.138 e. The van der Waals surface area contributed by atoms with Gasteiger partial charge in [0, 0.05) is 23.2 Å². The fourth-order valence-corrected chi connectivity index (χ4v) is 2.38. The molecule has 2 heterocycles. The summed E-state index contributed by atoms with van der Waals surface area (Å²) in [6.07, 6.45) is 0. The number of nitrogens with zero attached hydrogens (tertiary/aromatic N) is 1. The lowest BCUT2D eigenvalue weighted by Gasteiger charge is -2.12. The highest BCUT2D eigenvalue weighted by Crippen LogP contribution is 2.20. The number of nitrogens with one attached hydrogen (secondary N) is 1. The van der Waals surface area contributed by atoms with E-state index in [-0.39, 0.29) is 11.8 Å². The van der Waals surface area contributed by atoms with Crippen molar-refractivity contribution in [1.29, 1.82) is 0 Å². The predicted molar refractivity (Wildman–Crippen MR) is 70.2 cm³/mol. The van der Waals surface area contributed by atoms with Crippen molar-refractivity contribution in [1.82, 2.24) is 10.3 Å². The van der Waals surface area contributed by atoms with E-state index in [1.165, 1.54) is 4.88 Å². The average Bonchev–Trinajstić information content (AvgIpc) is 2.83. The largest absolute Gasteiger partial charge is 0.506 e. The van der Waals surface area contributed by atoms with Gasteiger partial charge in [0.25, 0.3) is 0 Å². The number of thiophene rings is 1. The summed E-state index contributed by atoms with van der Waals surface area (Å²) >= 11 is 1.73. The number of aryl methyl sites for hydroxylation is 1. The topological polar surface area (TPSA) is 45.1 Å². The molecule has 0 spiro atoms. The first-order valence-electron chi connectivity index (χ1n) is 5.59. The van der Waals surface area contributed by atoms with Gasteiger partial charge in [0.2, 0.25) is 0 Å². The zero-order chi connectivity index (χ0) is 12.3. The molecule has 0 fully saturated rings. The Labute approximate surface area is 105 Å². The van der Waals surface area contributed by atoms with Gasteiger partial charge in [-0.05, 0) is 37.4 Å². The highest BCUT2D eigenvalue weighted by atomic mass is 32.1. The lowest BCUT2D eigenvalue weighted by molar-refractivity contribution is 0.454. The molecule has 1 atom stereocenters. The second kappa shape index (κ2) is 5.29. The molecule has 0 aromatic carbocycles. The molecule has 0 saturated carbocycles. The fraction of sp³-hybridized carbons (Fsp3) is 0.308. The van der Waals surface area contributed by atoms with E-state index < -0.39 is 0 Å². The third kappa shape index (κ3) is 3.05. The SMILES string of the molecule is Cc1ccc(O)c(CN[C@H](C)c2cccs2)n1. The van der Waals surface area contributed by atoms with E-state index in [9.17, 15) is 5.11 Å². The molecule has 0 unspecified atom stereocenters. The minimum Gasteiger partial charge on any atom is -0.506 e. The van der Waals surface area contributed by atoms with Crippen LogP contribution in [0.5, 0.6) is 5.75 Å². The highest BCUT2D eigenvalue weighted by molar-refractivity contribution is 7.10. The molecule has 0 aliphatic heterocycles. The third-order valence-corrected chi connectivity index (χ3v) is 3.69. The molecular formula is C13H16N2OS. The summed E-state index contributed by atoms with van der Waals surface area (Å²) in [5, 5.41) is 15.1. The van der Waals surface area contributed by atoms with E-state index >= 15 is 0 Å². The van der Waals surface area contributed by atoms with Crippen LogP contribution < -0.4 is 5.32 Å². The zero-order valence-corrected chi connectivity index (χ0v) is 10.8. The van der Waals surface area contributed by atoms with Gasteiger partial charge in [0.05, 0.1) is 5.69 Å². The smallest absolute Gasteiger partial charge is 0.138 e. The second-order valence-electron chi connectivity index (χ2n) is 4.04. The highest BCUT2D eigenvalue weighted by Gasteiger charge is 2.08. The predicted octanol–water partition coefficient (Wildman–Crippen LogP) is 3.01. The number of rotatable bonds is 4. The molecule has 2 aromatic heterocycles. The molecule has 3 nitrogen and oxygen atoms in total. The summed E-state index contributed by atoms with van der Waals surface area (Å²) in [5.41, 5.74) is 1.62. The van der Waals surface area contributed by atoms with E-state index in [0.717, 1.165) is 5.69 Å². The Morgan fingerprint density at radius 2 is 2.24 bits per heavy atom. The van der Waals surface area contributed by atoms with Gasteiger partial charge < -0.3 is 10.4 Å². The molecule has 2 aromatic rings. The molecule has 4 heteroatoms. The number of pyridine rings is 1. The lowest BCUT2D eigenvalue weighted by atomic mass is 10.2. The molecule has 90 valence electrons. The molecule has 0 saturated heterocycles. The van der Waals surface area contributed by atoms with Crippen LogP contribution in [0.1, 0.15) is 29.2 Å². The normalized spacial score (nSPS) is 12.6. The minimum atomic E-state index is 0.251. The van der Waals surface area contributed by atoms with Crippen molar-refractivity contribution in [2.75, 3.05) is 0 Å². The first-order valence-corrected chi connectivity index (χ1v) is 6.47. The van der Waals surface area contributed by atoms with Gasteiger partial charge in [0.15, 0.2) is 0 Å². The molecule has 0 aliphatic carbocycles.